The van der Waals surface area contributed by atoms with E-state index in [1.807, 2.05) is 30.3 Å². The highest BCUT2D eigenvalue weighted by atomic mass is 32.1. The number of hydrogen-bond acceptors (Lipinski definition) is 3. The van der Waals surface area contributed by atoms with Crippen molar-refractivity contribution >= 4 is 33.3 Å². The van der Waals surface area contributed by atoms with Crippen LogP contribution in [0.4, 0.5) is 10.5 Å². The summed E-state index contributed by atoms with van der Waals surface area (Å²) in [7, 11) is 0. The molecule has 0 atom stereocenters. The fraction of sp³-hybridized carbons (Fsp3) is 0.0667. The monoisotopic (exact) mass is 283 g/mol. The Kier molecular flexibility index (Phi) is 3.12. The maximum atomic E-state index is 10.8. The molecule has 0 aliphatic heterocycles. The molecular weight excluding hydrogens is 270 g/mol. The quantitative estimate of drug-likeness (QED) is 0.751. The maximum Gasteiger partial charge on any atom is 0.316 e. The van der Waals surface area contributed by atoms with E-state index in [4.69, 9.17) is 5.73 Å². The minimum atomic E-state index is -0.562. The van der Waals surface area contributed by atoms with Gasteiger partial charge in [0, 0.05) is 11.3 Å². The van der Waals surface area contributed by atoms with Crippen molar-refractivity contribution in [1.82, 2.24) is 4.98 Å². The number of nitrogens with two attached hydrogens (primary N) is 1. The molecule has 0 spiro atoms. The highest BCUT2D eigenvalue weighted by Crippen LogP contribution is 2.31. The summed E-state index contributed by atoms with van der Waals surface area (Å²) in [5.41, 5.74) is 9.02. The van der Waals surface area contributed by atoms with Crippen molar-refractivity contribution in [1.29, 1.82) is 0 Å². The van der Waals surface area contributed by atoms with Gasteiger partial charge in [-0.1, -0.05) is 6.07 Å². The summed E-state index contributed by atoms with van der Waals surface area (Å²) >= 11 is 1.66. The molecule has 20 heavy (non-hydrogen) atoms. The van der Waals surface area contributed by atoms with Crippen LogP contribution in [0.1, 0.15) is 5.56 Å². The molecule has 0 aliphatic carbocycles. The number of aromatic nitrogens is 1. The van der Waals surface area contributed by atoms with Gasteiger partial charge in [0.1, 0.15) is 5.01 Å². The van der Waals surface area contributed by atoms with Gasteiger partial charge in [-0.15, -0.1) is 11.3 Å². The molecule has 1 heterocycles. The summed E-state index contributed by atoms with van der Waals surface area (Å²) in [6.07, 6.45) is 0. The van der Waals surface area contributed by atoms with Crippen LogP contribution in [0.15, 0.2) is 42.5 Å². The van der Waals surface area contributed by atoms with E-state index >= 15 is 0 Å². The van der Waals surface area contributed by atoms with Crippen molar-refractivity contribution in [3.05, 3.63) is 48.0 Å². The molecule has 0 fully saturated rings. The average molecular weight is 283 g/mol. The number of rotatable bonds is 2. The van der Waals surface area contributed by atoms with Gasteiger partial charge < -0.3 is 11.1 Å². The van der Waals surface area contributed by atoms with Gasteiger partial charge in [-0.05, 0) is 48.9 Å². The number of benzene rings is 2. The summed E-state index contributed by atoms with van der Waals surface area (Å²) in [4.78, 5) is 15.4. The summed E-state index contributed by atoms with van der Waals surface area (Å²) in [6, 6.07) is 13.2. The van der Waals surface area contributed by atoms with Crippen LogP contribution in [0.3, 0.4) is 0 Å². The zero-order chi connectivity index (χ0) is 14.1. The van der Waals surface area contributed by atoms with Crippen molar-refractivity contribution in [3.63, 3.8) is 0 Å². The number of primary amides is 1. The van der Waals surface area contributed by atoms with Crippen molar-refractivity contribution in [3.8, 4) is 10.6 Å². The summed E-state index contributed by atoms with van der Waals surface area (Å²) in [5.74, 6) is 0. The van der Waals surface area contributed by atoms with Crippen LogP contribution < -0.4 is 11.1 Å². The third-order valence-corrected chi connectivity index (χ3v) is 4.01. The second kappa shape index (κ2) is 4.94. The zero-order valence-electron chi connectivity index (χ0n) is 10.9. The van der Waals surface area contributed by atoms with E-state index in [1.54, 1.807) is 11.3 Å². The number of carbonyl (C=O) groups excluding carboxylic acids is 1. The van der Waals surface area contributed by atoms with E-state index in [9.17, 15) is 4.79 Å². The van der Waals surface area contributed by atoms with Gasteiger partial charge in [0.15, 0.2) is 0 Å². The standard InChI is InChI=1S/C15H13N3OS/c1-9-2-7-12-13(8-9)20-14(18-12)10-3-5-11(6-4-10)17-15(16)19/h2-8H,1H3,(H3,16,17,19). The zero-order valence-corrected chi connectivity index (χ0v) is 11.7. The molecule has 3 rings (SSSR count). The number of hydrogen-bond donors (Lipinski definition) is 2. The molecule has 5 heteroatoms. The number of anilines is 1. The fourth-order valence-electron chi connectivity index (χ4n) is 1.99. The van der Waals surface area contributed by atoms with Crippen LogP contribution in [0, 0.1) is 6.92 Å². The SMILES string of the molecule is Cc1ccc2nc(-c3ccc(NC(N)=O)cc3)sc2c1. The average Bonchev–Trinajstić information content (AvgIpc) is 2.81. The first-order valence-corrected chi connectivity index (χ1v) is 6.97. The van der Waals surface area contributed by atoms with Crippen LogP contribution >= 0.6 is 11.3 Å². The molecule has 0 unspecified atom stereocenters. The summed E-state index contributed by atoms with van der Waals surface area (Å²) < 4.78 is 1.18. The molecule has 3 N–H and O–H groups in total. The number of nitrogens with zero attached hydrogens (tertiary/aromatic N) is 1. The second-order valence-electron chi connectivity index (χ2n) is 4.56. The van der Waals surface area contributed by atoms with Crippen LogP contribution in [-0.4, -0.2) is 11.0 Å². The minimum Gasteiger partial charge on any atom is -0.351 e. The van der Waals surface area contributed by atoms with E-state index in [2.05, 4.69) is 29.4 Å². The van der Waals surface area contributed by atoms with Crippen molar-refractivity contribution in [2.45, 2.75) is 6.92 Å². The number of fused-ring (bicyclic) bond motifs is 1. The van der Waals surface area contributed by atoms with Gasteiger partial charge in [0.2, 0.25) is 0 Å². The fourth-order valence-corrected chi connectivity index (χ4v) is 3.06. The molecular formula is C15H13N3OS. The number of urea groups is 1. The Hall–Kier alpha value is -2.40. The van der Waals surface area contributed by atoms with E-state index < -0.39 is 6.03 Å². The number of thiazole rings is 1. The summed E-state index contributed by atoms with van der Waals surface area (Å²) in [6.45, 7) is 2.07. The van der Waals surface area contributed by atoms with Gasteiger partial charge in [-0.2, -0.15) is 0 Å². The van der Waals surface area contributed by atoms with Crippen LogP contribution in [0.2, 0.25) is 0 Å². The predicted octanol–water partition coefficient (Wildman–Crippen LogP) is 3.76. The van der Waals surface area contributed by atoms with Crippen molar-refractivity contribution in [2.75, 3.05) is 5.32 Å². The number of carbonyl (C=O) groups is 1. The third-order valence-electron chi connectivity index (χ3n) is 2.94. The number of amides is 2. The van der Waals surface area contributed by atoms with Crippen molar-refractivity contribution in [2.24, 2.45) is 5.73 Å². The predicted molar refractivity (Wildman–Crippen MR) is 83.0 cm³/mol. The lowest BCUT2D eigenvalue weighted by atomic mass is 10.2. The van der Waals surface area contributed by atoms with Gasteiger partial charge in [0.05, 0.1) is 10.2 Å². The van der Waals surface area contributed by atoms with Gasteiger partial charge in [0.25, 0.3) is 0 Å². The van der Waals surface area contributed by atoms with Gasteiger partial charge in [-0.25, -0.2) is 9.78 Å². The van der Waals surface area contributed by atoms with Gasteiger partial charge >= 0.3 is 6.03 Å². The molecule has 0 aliphatic rings. The highest BCUT2D eigenvalue weighted by Gasteiger charge is 2.06. The Balaban J connectivity index is 1.96. The number of aryl methyl sites for hydroxylation is 1. The van der Waals surface area contributed by atoms with Crippen LogP contribution in [-0.2, 0) is 0 Å². The first-order valence-electron chi connectivity index (χ1n) is 6.16. The Morgan fingerprint density at radius 1 is 1.20 bits per heavy atom. The number of nitrogens with one attached hydrogen (secondary N) is 1. The second-order valence-corrected chi connectivity index (χ2v) is 5.59. The lowest BCUT2D eigenvalue weighted by molar-refractivity contribution is 0.259. The Morgan fingerprint density at radius 3 is 2.65 bits per heavy atom. The van der Waals surface area contributed by atoms with E-state index in [-0.39, 0.29) is 0 Å². The lowest BCUT2D eigenvalue weighted by Gasteiger charge is -2.01. The van der Waals surface area contributed by atoms with E-state index in [1.165, 1.54) is 10.3 Å². The first-order chi connectivity index (χ1) is 9.61. The Labute approximate surface area is 120 Å². The topological polar surface area (TPSA) is 68.0 Å². The third kappa shape index (κ3) is 2.48. The molecule has 4 nitrogen and oxygen atoms in total. The normalized spacial score (nSPS) is 10.7. The van der Waals surface area contributed by atoms with E-state index in [0.29, 0.717) is 5.69 Å². The molecule has 2 amide bonds. The van der Waals surface area contributed by atoms with E-state index in [0.717, 1.165) is 16.1 Å². The molecule has 0 saturated carbocycles. The molecule has 100 valence electrons. The van der Waals surface area contributed by atoms with Crippen LogP contribution in [0.5, 0.6) is 0 Å². The Morgan fingerprint density at radius 2 is 1.95 bits per heavy atom. The lowest BCUT2D eigenvalue weighted by Crippen LogP contribution is -2.19. The highest BCUT2D eigenvalue weighted by molar-refractivity contribution is 7.21. The molecule has 1 aromatic heterocycles. The maximum absolute atomic E-state index is 10.8. The Bertz CT molecular complexity index is 777. The first kappa shape index (κ1) is 12.6. The molecule has 0 bridgehead atoms. The molecule has 2 aromatic carbocycles. The van der Waals surface area contributed by atoms with Crippen LogP contribution in [0.25, 0.3) is 20.8 Å². The summed E-state index contributed by atoms with van der Waals surface area (Å²) in [5, 5.41) is 3.51. The molecule has 0 radical (unpaired) electrons. The largest absolute Gasteiger partial charge is 0.351 e. The molecule has 3 aromatic rings. The smallest absolute Gasteiger partial charge is 0.316 e. The molecule has 0 saturated heterocycles. The van der Waals surface area contributed by atoms with Crippen molar-refractivity contribution < 1.29 is 4.79 Å². The van der Waals surface area contributed by atoms with Gasteiger partial charge in [-0.3, -0.25) is 0 Å². The minimum absolute atomic E-state index is 0.562.